The number of nitro benzene ring substituents is 1. The Morgan fingerprint density at radius 3 is 2.35 bits per heavy atom. The molecule has 0 saturated heterocycles. The zero-order chi connectivity index (χ0) is 13.2. The summed E-state index contributed by atoms with van der Waals surface area (Å²) in [5.74, 6) is -6.25. The Morgan fingerprint density at radius 1 is 1.29 bits per heavy atom. The van der Waals surface area contributed by atoms with E-state index in [1.807, 2.05) is 0 Å². The zero-order valence-electron chi connectivity index (χ0n) is 7.94. The molecule has 0 bridgehead atoms. The highest BCUT2D eigenvalue weighted by atomic mass is 19.1. The van der Waals surface area contributed by atoms with Crippen LogP contribution < -0.4 is 5.32 Å². The van der Waals surface area contributed by atoms with Crippen molar-refractivity contribution in [1.82, 2.24) is 0 Å². The summed E-state index contributed by atoms with van der Waals surface area (Å²) in [6.07, 6.45) is 0. The second-order valence-corrected chi connectivity index (χ2v) is 2.80. The Kier molecular flexibility index (Phi) is 3.31. The third-order valence-corrected chi connectivity index (χ3v) is 1.68. The van der Waals surface area contributed by atoms with Gasteiger partial charge in [-0.1, -0.05) is 0 Å². The molecule has 17 heavy (non-hydrogen) atoms. The van der Waals surface area contributed by atoms with Crippen molar-refractivity contribution in [2.75, 3.05) is 5.32 Å². The van der Waals surface area contributed by atoms with Crippen LogP contribution in [0.2, 0.25) is 0 Å². The van der Waals surface area contributed by atoms with Crippen molar-refractivity contribution >= 4 is 23.3 Å². The molecular formula is C8H4F2N2O5. The molecule has 9 heteroatoms. The Hall–Kier alpha value is -2.58. The SMILES string of the molecule is O=C(O)C(=O)Nc1cc([N+](=O)[O-])c(F)cc1F. The van der Waals surface area contributed by atoms with Crippen molar-refractivity contribution in [3.8, 4) is 0 Å². The topological polar surface area (TPSA) is 110 Å². The highest BCUT2D eigenvalue weighted by Crippen LogP contribution is 2.24. The third kappa shape index (κ3) is 2.71. The van der Waals surface area contributed by atoms with Crippen LogP contribution in [0.5, 0.6) is 0 Å². The molecule has 0 atom stereocenters. The molecule has 0 aliphatic heterocycles. The number of nitrogens with one attached hydrogen (secondary N) is 1. The molecule has 0 fully saturated rings. The summed E-state index contributed by atoms with van der Waals surface area (Å²) in [4.78, 5) is 30.0. The fraction of sp³-hybridized carbons (Fsp3) is 0. The molecule has 7 nitrogen and oxygen atoms in total. The van der Waals surface area contributed by atoms with E-state index in [-0.39, 0.29) is 6.07 Å². The molecule has 0 unspecified atom stereocenters. The average molecular weight is 246 g/mol. The Labute approximate surface area is 91.8 Å². The van der Waals surface area contributed by atoms with Gasteiger partial charge in [0.15, 0.2) is 0 Å². The quantitative estimate of drug-likeness (QED) is 0.457. The largest absolute Gasteiger partial charge is 0.474 e. The van der Waals surface area contributed by atoms with Crippen molar-refractivity contribution in [2.24, 2.45) is 0 Å². The van der Waals surface area contributed by atoms with Crippen LogP contribution in [0.1, 0.15) is 0 Å². The van der Waals surface area contributed by atoms with Crippen molar-refractivity contribution in [2.45, 2.75) is 0 Å². The number of nitro groups is 1. The van der Waals surface area contributed by atoms with Crippen LogP contribution in [-0.2, 0) is 9.59 Å². The second-order valence-electron chi connectivity index (χ2n) is 2.80. The molecule has 90 valence electrons. The molecule has 0 radical (unpaired) electrons. The Morgan fingerprint density at radius 2 is 1.88 bits per heavy atom. The van der Waals surface area contributed by atoms with Crippen LogP contribution in [0.4, 0.5) is 20.2 Å². The monoisotopic (exact) mass is 246 g/mol. The van der Waals surface area contributed by atoms with Crippen LogP contribution in [0.25, 0.3) is 0 Å². The molecule has 0 aliphatic carbocycles. The van der Waals surface area contributed by atoms with Crippen LogP contribution in [0, 0.1) is 21.7 Å². The molecule has 1 aromatic carbocycles. The number of anilines is 1. The van der Waals surface area contributed by atoms with E-state index in [1.165, 1.54) is 0 Å². The van der Waals surface area contributed by atoms with E-state index >= 15 is 0 Å². The van der Waals surface area contributed by atoms with Crippen LogP contribution >= 0.6 is 0 Å². The number of carboxylic acids is 1. The average Bonchev–Trinajstić information content (AvgIpc) is 2.21. The third-order valence-electron chi connectivity index (χ3n) is 1.68. The number of carbonyl (C=O) groups excluding carboxylic acids is 1. The number of carboxylic acid groups (broad SMARTS) is 1. The van der Waals surface area contributed by atoms with Crippen molar-refractivity contribution in [3.63, 3.8) is 0 Å². The molecule has 0 aliphatic rings. The van der Waals surface area contributed by atoms with Gasteiger partial charge < -0.3 is 10.4 Å². The molecule has 0 aromatic heterocycles. The summed E-state index contributed by atoms with van der Waals surface area (Å²) in [5.41, 5.74) is -1.86. The first kappa shape index (κ1) is 12.5. The van der Waals surface area contributed by atoms with Gasteiger partial charge in [-0.05, 0) is 0 Å². The van der Waals surface area contributed by atoms with Gasteiger partial charge in [0.2, 0.25) is 5.82 Å². The normalized spacial score (nSPS) is 9.76. The summed E-state index contributed by atoms with van der Waals surface area (Å²) in [7, 11) is 0. The molecule has 1 amide bonds. The molecule has 0 spiro atoms. The maximum Gasteiger partial charge on any atom is 0.394 e. The number of carbonyl (C=O) groups is 2. The van der Waals surface area contributed by atoms with Gasteiger partial charge in [0, 0.05) is 12.1 Å². The summed E-state index contributed by atoms with van der Waals surface area (Å²) >= 11 is 0. The maximum atomic E-state index is 13.0. The van der Waals surface area contributed by atoms with E-state index in [4.69, 9.17) is 5.11 Å². The number of amides is 1. The number of rotatable bonds is 2. The number of hydrogen-bond donors (Lipinski definition) is 2. The van der Waals surface area contributed by atoms with Crippen molar-refractivity contribution in [1.29, 1.82) is 0 Å². The van der Waals surface area contributed by atoms with Gasteiger partial charge in [0.25, 0.3) is 0 Å². The van der Waals surface area contributed by atoms with E-state index in [0.29, 0.717) is 6.07 Å². The number of aliphatic carboxylic acids is 1. The van der Waals surface area contributed by atoms with E-state index in [2.05, 4.69) is 0 Å². The smallest absolute Gasteiger partial charge is 0.394 e. The molecule has 2 N–H and O–H groups in total. The second kappa shape index (κ2) is 4.51. The maximum absolute atomic E-state index is 13.0. The molecule has 0 saturated carbocycles. The minimum Gasteiger partial charge on any atom is -0.474 e. The van der Waals surface area contributed by atoms with E-state index in [1.54, 1.807) is 5.32 Å². The Balaban J connectivity index is 3.16. The standard InChI is InChI=1S/C8H4F2N2O5/c9-3-1-4(10)6(12(16)17)2-5(3)11-7(13)8(14)15/h1-2H,(H,11,13)(H,14,15). The summed E-state index contributed by atoms with van der Waals surface area (Å²) in [5, 5.41) is 20.1. The molecule has 1 aromatic rings. The van der Waals surface area contributed by atoms with Gasteiger partial charge >= 0.3 is 17.6 Å². The minimum atomic E-state index is -1.91. The van der Waals surface area contributed by atoms with Gasteiger partial charge in [-0.15, -0.1) is 0 Å². The lowest BCUT2D eigenvalue weighted by molar-refractivity contribution is -0.387. The predicted octanol–water partition coefficient (Wildman–Crippen LogP) is 0.896. The van der Waals surface area contributed by atoms with E-state index in [0.717, 1.165) is 0 Å². The number of halogens is 2. The van der Waals surface area contributed by atoms with Crippen molar-refractivity contribution in [3.05, 3.63) is 33.9 Å². The predicted molar refractivity (Wildman–Crippen MR) is 49.3 cm³/mol. The first-order chi connectivity index (χ1) is 7.82. The summed E-state index contributed by atoms with van der Waals surface area (Å²) in [6, 6.07) is 0.571. The Bertz CT molecular complexity index is 517. The van der Waals surface area contributed by atoms with Gasteiger partial charge in [-0.25, -0.2) is 9.18 Å². The number of benzene rings is 1. The number of hydrogen-bond acceptors (Lipinski definition) is 4. The lowest BCUT2D eigenvalue weighted by Crippen LogP contribution is -2.22. The van der Waals surface area contributed by atoms with E-state index < -0.39 is 39.8 Å². The van der Waals surface area contributed by atoms with Gasteiger partial charge in [-0.3, -0.25) is 14.9 Å². The lowest BCUT2D eigenvalue weighted by Gasteiger charge is -2.03. The van der Waals surface area contributed by atoms with Crippen LogP contribution in [-0.4, -0.2) is 21.9 Å². The molecular weight excluding hydrogens is 242 g/mol. The lowest BCUT2D eigenvalue weighted by atomic mass is 10.2. The van der Waals surface area contributed by atoms with Crippen molar-refractivity contribution < 1.29 is 28.4 Å². The van der Waals surface area contributed by atoms with Gasteiger partial charge in [0.1, 0.15) is 5.82 Å². The molecule has 1 rings (SSSR count). The fourth-order valence-corrected chi connectivity index (χ4v) is 0.949. The number of nitrogens with zero attached hydrogens (tertiary/aromatic N) is 1. The van der Waals surface area contributed by atoms with E-state index in [9.17, 15) is 28.5 Å². The highest BCUT2D eigenvalue weighted by molar-refractivity contribution is 6.36. The highest BCUT2D eigenvalue weighted by Gasteiger charge is 2.21. The van der Waals surface area contributed by atoms with Crippen LogP contribution in [0.3, 0.4) is 0 Å². The zero-order valence-corrected chi connectivity index (χ0v) is 7.94. The summed E-state index contributed by atoms with van der Waals surface area (Å²) < 4.78 is 25.9. The molecule has 0 heterocycles. The van der Waals surface area contributed by atoms with Gasteiger partial charge in [-0.2, -0.15) is 4.39 Å². The first-order valence-corrected chi connectivity index (χ1v) is 4.00. The summed E-state index contributed by atoms with van der Waals surface area (Å²) in [6.45, 7) is 0. The van der Waals surface area contributed by atoms with Gasteiger partial charge in [0.05, 0.1) is 10.6 Å². The van der Waals surface area contributed by atoms with Crippen LogP contribution in [0.15, 0.2) is 12.1 Å². The first-order valence-electron chi connectivity index (χ1n) is 4.00. The minimum absolute atomic E-state index is 0.176. The fourth-order valence-electron chi connectivity index (χ4n) is 0.949.